The molecule has 0 bridgehead atoms. The maximum atomic E-state index is 12.6. The van der Waals surface area contributed by atoms with E-state index in [0.29, 0.717) is 5.91 Å². The van der Waals surface area contributed by atoms with Crippen LogP contribution in [0, 0.1) is 11.3 Å². The van der Waals surface area contributed by atoms with E-state index in [0.717, 1.165) is 43.5 Å². The Morgan fingerprint density at radius 1 is 1.15 bits per heavy atom. The van der Waals surface area contributed by atoms with Gasteiger partial charge in [0.2, 0.25) is 5.91 Å². The maximum Gasteiger partial charge on any atom is 0.223 e. The molecule has 3 fully saturated rings. The monoisotopic (exact) mass is 375 g/mol. The van der Waals surface area contributed by atoms with Crippen molar-refractivity contribution in [1.29, 1.82) is 0 Å². The first-order valence-electron chi connectivity index (χ1n) is 9.94. The van der Waals surface area contributed by atoms with Gasteiger partial charge in [0.1, 0.15) is 0 Å². The first-order chi connectivity index (χ1) is 12.5. The number of hydrogen-bond acceptors (Lipinski definition) is 3. The average molecular weight is 376 g/mol. The third-order valence-electron chi connectivity index (χ3n) is 6.61. The SMILES string of the molecule is CN1CC[C@@H](CN2CCC3(CC2)CC(=O)N(Cc2ccc(Cl)cc2)C3)C1. The normalized spacial score (nSPS) is 26.9. The first kappa shape index (κ1) is 18.3. The van der Waals surface area contributed by atoms with Crippen LogP contribution in [0.1, 0.15) is 31.2 Å². The first-order valence-corrected chi connectivity index (χ1v) is 10.3. The molecule has 4 nitrogen and oxygen atoms in total. The number of likely N-dealkylation sites (tertiary alicyclic amines) is 3. The molecule has 1 spiro atoms. The van der Waals surface area contributed by atoms with Crippen LogP contribution in [0.3, 0.4) is 0 Å². The largest absolute Gasteiger partial charge is 0.338 e. The van der Waals surface area contributed by atoms with Crippen LogP contribution in [0.25, 0.3) is 0 Å². The third kappa shape index (κ3) is 4.08. The fourth-order valence-corrected chi connectivity index (χ4v) is 5.15. The molecule has 1 amide bonds. The molecule has 0 N–H and O–H groups in total. The Morgan fingerprint density at radius 2 is 1.88 bits per heavy atom. The number of benzene rings is 1. The van der Waals surface area contributed by atoms with Gasteiger partial charge in [-0.1, -0.05) is 23.7 Å². The van der Waals surface area contributed by atoms with Gasteiger partial charge >= 0.3 is 0 Å². The molecule has 0 radical (unpaired) electrons. The quantitative estimate of drug-likeness (QED) is 0.809. The van der Waals surface area contributed by atoms with Crippen molar-refractivity contribution in [3.05, 3.63) is 34.9 Å². The van der Waals surface area contributed by atoms with E-state index in [4.69, 9.17) is 11.6 Å². The summed E-state index contributed by atoms with van der Waals surface area (Å²) in [4.78, 5) is 19.7. The molecule has 26 heavy (non-hydrogen) atoms. The summed E-state index contributed by atoms with van der Waals surface area (Å²) in [5.41, 5.74) is 1.38. The van der Waals surface area contributed by atoms with Crippen molar-refractivity contribution in [2.45, 2.75) is 32.2 Å². The number of rotatable bonds is 4. The predicted octanol–water partition coefficient (Wildman–Crippen LogP) is 3.11. The minimum Gasteiger partial charge on any atom is -0.338 e. The van der Waals surface area contributed by atoms with Crippen molar-refractivity contribution < 1.29 is 4.79 Å². The van der Waals surface area contributed by atoms with E-state index in [1.54, 1.807) is 0 Å². The Bertz CT molecular complexity index is 639. The highest BCUT2D eigenvalue weighted by Crippen LogP contribution is 2.41. The summed E-state index contributed by atoms with van der Waals surface area (Å²) in [6.45, 7) is 7.68. The van der Waals surface area contributed by atoms with E-state index in [9.17, 15) is 4.79 Å². The van der Waals surface area contributed by atoms with E-state index >= 15 is 0 Å². The lowest BCUT2D eigenvalue weighted by Crippen LogP contribution is -2.43. The fourth-order valence-electron chi connectivity index (χ4n) is 5.02. The molecule has 4 rings (SSSR count). The number of amides is 1. The third-order valence-corrected chi connectivity index (χ3v) is 6.87. The van der Waals surface area contributed by atoms with Gasteiger partial charge in [0.05, 0.1) is 0 Å². The van der Waals surface area contributed by atoms with Gasteiger partial charge in [-0.05, 0) is 75.0 Å². The van der Waals surface area contributed by atoms with E-state index in [1.807, 2.05) is 24.3 Å². The zero-order valence-electron chi connectivity index (χ0n) is 15.8. The number of nitrogens with zero attached hydrogens (tertiary/aromatic N) is 3. The summed E-state index contributed by atoms with van der Waals surface area (Å²) in [6.07, 6.45) is 4.41. The van der Waals surface area contributed by atoms with Crippen molar-refractivity contribution >= 4 is 17.5 Å². The van der Waals surface area contributed by atoms with Crippen molar-refractivity contribution in [3.8, 4) is 0 Å². The zero-order valence-corrected chi connectivity index (χ0v) is 16.5. The minimum atomic E-state index is 0.215. The topological polar surface area (TPSA) is 26.8 Å². The standard InChI is InChI=1S/C21H30ClN3O/c1-23-9-6-18(13-23)14-24-10-7-21(8-11-24)12-20(26)25(16-21)15-17-2-4-19(22)5-3-17/h2-5,18H,6-16H2,1H3/t18-/m1/s1. The van der Waals surface area contributed by atoms with Gasteiger partial charge in [-0.25, -0.2) is 0 Å². The Balaban J connectivity index is 1.30. The Hall–Kier alpha value is -1.10. The molecule has 0 unspecified atom stereocenters. The highest BCUT2D eigenvalue weighted by atomic mass is 35.5. The van der Waals surface area contributed by atoms with Gasteiger partial charge in [0, 0.05) is 37.6 Å². The maximum absolute atomic E-state index is 12.6. The smallest absolute Gasteiger partial charge is 0.223 e. The lowest BCUT2D eigenvalue weighted by molar-refractivity contribution is -0.128. The van der Waals surface area contributed by atoms with Gasteiger partial charge in [-0.3, -0.25) is 4.79 Å². The van der Waals surface area contributed by atoms with Crippen LogP contribution in [0.4, 0.5) is 0 Å². The molecule has 0 saturated carbocycles. The molecule has 3 aliphatic heterocycles. The van der Waals surface area contributed by atoms with E-state index in [2.05, 4.69) is 21.7 Å². The summed E-state index contributed by atoms with van der Waals surface area (Å²) >= 11 is 5.97. The predicted molar refractivity (Wildman–Crippen MR) is 105 cm³/mol. The number of carbonyl (C=O) groups excluding carboxylic acids is 1. The summed E-state index contributed by atoms with van der Waals surface area (Å²) in [5, 5.41) is 0.749. The van der Waals surface area contributed by atoms with Crippen molar-refractivity contribution in [2.24, 2.45) is 11.3 Å². The van der Waals surface area contributed by atoms with Crippen molar-refractivity contribution in [1.82, 2.24) is 14.7 Å². The molecule has 0 aliphatic carbocycles. The van der Waals surface area contributed by atoms with Crippen molar-refractivity contribution in [2.75, 3.05) is 46.3 Å². The van der Waals surface area contributed by atoms with Crippen LogP contribution in [-0.4, -0.2) is 66.9 Å². The summed E-state index contributed by atoms with van der Waals surface area (Å²) < 4.78 is 0. The molecule has 142 valence electrons. The summed E-state index contributed by atoms with van der Waals surface area (Å²) in [5.74, 6) is 1.16. The summed E-state index contributed by atoms with van der Waals surface area (Å²) in [6, 6.07) is 7.88. The van der Waals surface area contributed by atoms with E-state index in [1.165, 1.54) is 44.5 Å². The van der Waals surface area contributed by atoms with E-state index < -0.39 is 0 Å². The molecule has 3 saturated heterocycles. The molecule has 1 aromatic carbocycles. The van der Waals surface area contributed by atoms with Gasteiger partial charge in [-0.15, -0.1) is 0 Å². The molecule has 0 aromatic heterocycles. The molecule has 3 heterocycles. The van der Waals surface area contributed by atoms with Crippen molar-refractivity contribution in [3.63, 3.8) is 0 Å². The van der Waals surface area contributed by atoms with Crippen LogP contribution in [0.15, 0.2) is 24.3 Å². The van der Waals surface area contributed by atoms with Gasteiger partial charge in [0.15, 0.2) is 0 Å². The van der Waals surface area contributed by atoms with Gasteiger partial charge < -0.3 is 14.7 Å². The molecular formula is C21H30ClN3O. The second kappa shape index (κ2) is 7.49. The molecule has 1 aromatic rings. The molecular weight excluding hydrogens is 346 g/mol. The second-order valence-electron chi connectivity index (χ2n) is 8.77. The van der Waals surface area contributed by atoms with Crippen LogP contribution in [0.2, 0.25) is 5.02 Å². The number of carbonyl (C=O) groups is 1. The average Bonchev–Trinajstić information content (AvgIpc) is 3.16. The lowest BCUT2D eigenvalue weighted by Gasteiger charge is -2.39. The van der Waals surface area contributed by atoms with Gasteiger partial charge in [-0.2, -0.15) is 0 Å². The zero-order chi connectivity index (χ0) is 18.1. The van der Waals surface area contributed by atoms with Crippen LogP contribution in [0.5, 0.6) is 0 Å². The molecule has 3 aliphatic rings. The Labute approximate surface area is 162 Å². The molecule has 5 heteroatoms. The number of halogens is 1. The second-order valence-corrected chi connectivity index (χ2v) is 9.21. The molecule has 1 atom stereocenters. The summed E-state index contributed by atoms with van der Waals surface area (Å²) in [7, 11) is 2.23. The highest BCUT2D eigenvalue weighted by Gasteiger charge is 2.44. The van der Waals surface area contributed by atoms with Crippen LogP contribution < -0.4 is 0 Å². The number of piperidine rings is 1. The van der Waals surface area contributed by atoms with Crippen LogP contribution in [-0.2, 0) is 11.3 Å². The van der Waals surface area contributed by atoms with Gasteiger partial charge in [0.25, 0.3) is 0 Å². The van der Waals surface area contributed by atoms with E-state index in [-0.39, 0.29) is 5.41 Å². The number of hydrogen-bond donors (Lipinski definition) is 0. The lowest BCUT2D eigenvalue weighted by atomic mass is 9.77. The van der Waals surface area contributed by atoms with Crippen LogP contribution >= 0.6 is 11.6 Å². The Kier molecular flexibility index (Phi) is 5.27. The minimum absolute atomic E-state index is 0.215. The highest BCUT2D eigenvalue weighted by molar-refractivity contribution is 6.30. The fraction of sp³-hybridized carbons (Fsp3) is 0.667. The Morgan fingerprint density at radius 3 is 2.54 bits per heavy atom.